The Hall–Kier alpha value is -4.83. The first kappa shape index (κ1) is 80.5. The van der Waals surface area contributed by atoms with Crippen molar-refractivity contribution in [1.29, 1.82) is 0 Å². The predicted molar refractivity (Wildman–Crippen MR) is 312 cm³/mol. The van der Waals surface area contributed by atoms with Gasteiger partial charge in [0, 0.05) is 48.5 Å². The van der Waals surface area contributed by atoms with E-state index in [1.807, 2.05) is 0 Å². The molecule has 7 heterocycles. The number of hydrogen-bond acceptors (Lipinski definition) is 35. The van der Waals surface area contributed by atoms with Gasteiger partial charge < -0.3 is 175 Å². The highest BCUT2D eigenvalue weighted by atomic mass is 16.8. The Kier molecular flexibility index (Phi) is 29.0. The molecule has 562 valence electrons. The molecule has 98 heavy (non-hydrogen) atoms. The van der Waals surface area contributed by atoms with E-state index in [-0.39, 0.29) is 0 Å². The first-order chi connectivity index (χ1) is 46.2. The molecule has 0 unspecified atom stereocenters. The van der Waals surface area contributed by atoms with E-state index in [2.05, 4.69) is 37.2 Å². The number of aliphatic hydroxyl groups excluding tert-OH is 15. The molecular formula is C56H93N7O35. The van der Waals surface area contributed by atoms with E-state index in [0.29, 0.717) is 0 Å². The maximum Gasteiger partial charge on any atom is 0.217 e. The van der Waals surface area contributed by atoms with Crippen LogP contribution in [0.2, 0.25) is 0 Å². The fourth-order valence-electron chi connectivity index (χ4n) is 12.7. The van der Waals surface area contributed by atoms with Gasteiger partial charge >= 0.3 is 0 Å². The maximum atomic E-state index is 13.4. The van der Waals surface area contributed by atoms with Gasteiger partial charge in [-0.15, -0.1) is 0 Å². The molecule has 42 nitrogen and oxygen atoms in total. The van der Waals surface area contributed by atoms with Gasteiger partial charge in [-0.1, -0.05) is 0 Å². The lowest BCUT2D eigenvalue weighted by Crippen LogP contribution is -2.73. The minimum Gasteiger partial charge on any atom is -0.394 e. The summed E-state index contributed by atoms with van der Waals surface area (Å²) in [4.78, 5) is 89.7. The van der Waals surface area contributed by atoms with Crippen LogP contribution in [-0.4, -0.2) is 372 Å². The third-order valence-corrected chi connectivity index (χ3v) is 17.3. The van der Waals surface area contributed by atoms with E-state index in [1.165, 1.54) is 6.92 Å². The number of carbonyl (C=O) groups excluding carboxylic acids is 7. The molecule has 0 bridgehead atoms. The number of rotatable bonds is 25. The molecule has 0 aromatic rings. The van der Waals surface area contributed by atoms with Crippen molar-refractivity contribution >= 4 is 41.4 Å². The third-order valence-electron chi connectivity index (χ3n) is 17.3. The average molecular weight is 1420 g/mol. The molecule has 42 heteroatoms. The van der Waals surface area contributed by atoms with Gasteiger partial charge in [0.15, 0.2) is 44.0 Å². The number of nitrogens with one attached hydrogen (secondary N) is 7. The zero-order valence-corrected chi connectivity index (χ0v) is 54.3. The van der Waals surface area contributed by atoms with Gasteiger partial charge in [0.2, 0.25) is 41.4 Å². The van der Waals surface area contributed by atoms with E-state index in [4.69, 9.17) is 61.6 Å². The fraction of sp³-hybridized carbons (Fsp3) is 0.875. The lowest BCUT2D eigenvalue weighted by Gasteiger charge is -2.52. The van der Waals surface area contributed by atoms with Crippen LogP contribution in [0.25, 0.3) is 0 Å². The van der Waals surface area contributed by atoms with Crippen molar-refractivity contribution in [3.63, 3.8) is 0 Å². The minimum absolute atomic E-state index is 0.610. The molecule has 35 atom stereocenters. The van der Waals surface area contributed by atoms with Gasteiger partial charge in [-0.05, 0) is 6.92 Å². The van der Waals surface area contributed by atoms with Crippen LogP contribution in [0.4, 0.5) is 0 Å². The van der Waals surface area contributed by atoms with Crippen LogP contribution in [-0.2, 0) is 95.1 Å². The van der Waals surface area contributed by atoms with Crippen LogP contribution in [0.1, 0.15) is 55.4 Å². The van der Waals surface area contributed by atoms with Crippen molar-refractivity contribution < 1.29 is 172 Å². The average Bonchev–Trinajstić information content (AvgIpc) is 0.771. The Labute approximate surface area is 558 Å². The molecule has 7 fully saturated rings. The quantitative estimate of drug-likeness (QED) is 0.0404. The van der Waals surface area contributed by atoms with Gasteiger partial charge in [-0.25, -0.2) is 0 Å². The van der Waals surface area contributed by atoms with E-state index < -0.39 is 295 Å². The lowest BCUT2D eigenvalue weighted by molar-refractivity contribution is -0.373. The predicted octanol–water partition coefficient (Wildman–Crippen LogP) is -14.2. The number of ether oxygens (including phenoxy) is 13. The molecule has 0 aliphatic carbocycles. The molecule has 0 aromatic heterocycles. The topological polar surface area (TPSA) is 627 Å². The summed E-state index contributed by atoms with van der Waals surface area (Å²) in [6.07, 6.45) is -52.5. The SMILES string of the molecule is CC(=O)N[C@@H]1[C@@H](O[C@H]2O[C@H](CO)[C@H](O[C@H]3O[C@H](CO)[C@H](O[C@H]4O[C@H](CO[C@H]5O[C@H](CO)[C@@H](O)[C@H](O)[C@H]5NC(C)=O)[C@@H](O)[C@H](O[C@@H]5O[C@H](CO)[C@@H](O[C@@H]6O[C@H](CO)[C@@H](O)[C@H](O)[C@H]6O)[C@H](O)[C@H]5NC(C)=O)[C@H]4NC(C)=O)[C@H](O)[C@H]3NC(C)=O)[C@H](O)[C@H]2NC(C)=O)[C@H](NC(C)=O)[C@@H](C)O[C@@H]1O. The van der Waals surface area contributed by atoms with Crippen molar-refractivity contribution in [2.45, 2.75) is 270 Å². The number of hydrogen-bond donors (Lipinski definition) is 22. The second kappa shape index (κ2) is 35.4. The molecule has 7 saturated heterocycles. The van der Waals surface area contributed by atoms with E-state index >= 15 is 0 Å². The van der Waals surface area contributed by atoms with Crippen LogP contribution >= 0.6 is 0 Å². The minimum atomic E-state index is -2.20. The normalized spacial score (nSPS) is 44.5. The Morgan fingerprint density at radius 3 is 0.980 bits per heavy atom. The van der Waals surface area contributed by atoms with Gasteiger partial charge in [-0.3, -0.25) is 33.6 Å². The first-order valence-electron chi connectivity index (χ1n) is 31.4. The van der Waals surface area contributed by atoms with E-state index in [0.717, 1.165) is 48.5 Å². The number of aliphatic hydroxyl groups is 15. The first-order valence-corrected chi connectivity index (χ1v) is 31.4. The van der Waals surface area contributed by atoms with Gasteiger partial charge in [0.05, 0.1) is 51.8 Å². The Morgan fingerprint density at radius 2 is 0.582 bits per heavy atom. The fourth-order valence-corrected chi connectivity index (χ4v) is 12.7. The summed E-state index contributed by atoms with van der Waals surface area (Å²) in [6.45, 7) is 2.71. The summed E-state index contributed by atoms with van der Waals surface area (Å²) in [5.74, 6) is -5.63. The van der Waals surface area contributed by atoms with Gasteiger partial charge in [0.25, 0.3) is 0 Å². The van der Waals surface area contributed by atoms with Crippen molar-refractivity contribution in [2.24, 2.45) is 0 Å². The van der Waals surface area contributed by atoms with Crippen molar-refractivity contribution in [3.8, 4) is 0 Å². The third kappa shape index (κ3) is 18.9. The molecule has 0 aromatic carbocycles. The molecule has 7 aliphatic rings. The van der Waals surface area contributed by atoms with Gasteiger partial charge in [-0.2, -0.15) is 0 Å². The standard InChI is InChI=1S/C56H93N7O35/c1-15-29(57-16(2)69)48(34(50(85)87-15)62-21(7)74)97-53-32(60-19(5)72)41(81)45(25(11-66)91-53)94-52-31(59-18(4)71)40(80)46(26(12-67)90-52)95-55-35(63-22(8)75)49(38(78)28(93-55)14-86-51-30(58-17(3)70)39(79)36(76)23(9-64)88-51)98-54-33(61-20(6)73)42(82)47(27(13-68)92-54)96-56-44(84)43(83)37(77)24(10-65)89-56/h15,23-56,64-68,76-85H,9-14H2,1-8H3,(H,57,69)(H,58,70)(H,59,71)(H,60,72)(H,61,73)(H,62,74)(H,63,75)/t15-,23-,24-,25-,26-,27-,28-,29-,30-,31-,32-,33-,34-,35-,36-,37-,38-,39-,40-,41-,42-,43+,44-,45+,46+,47-,48+,49-,50+,51+,52-,53-,54+,55-,56+/m1/s1. The van der Waals surface area contributed by atoms with Crippen LogP contribution in [0.15, 0.2) is 0 Å². The largest absolute Gasteiger partial charge is 0.394 e. The summed E-state index contributed by atoms with van der Waals surface area (Å²) in [5, 5.41) is 184. The maximum absolute atomic E-state index is 13.4. The van der Waals surface area contributed by atoms with Crippen molar-refractivity contribution in [1.82, 2.24) is 37.2 Å². The highest BCUT2D eigenvalue weighted by Crippen LogP contribution is 2.38. The number of carbonyl (C=O) groups is 7. The summed E-state index contributed by atoms with van der Waals surface area (Å²) < 4.78 is 78.7. The zero-order valence-electron chi connectivity index (χ0n) is 54.3. The molecule has 0 spiro atoms. The molecule has 22 N–H and O–H groups in total. The molecule has 7 aliphatic heterocycles. The summed E-state index contributed by atoms with van der Waals surface area (Å²) in [5.41, 5.74) is 0. The Morgan fingerprint density at radius 1 is 0.286 bits per heavy atom. The monoisotopic (exact) mass is 1420 g/mol. The van der Waals surface area contributed by atoms with Gasteiger partial charge in [0.1, 0.15) is 158 Å². The Balaban J connectivity index is 1.23. The highest BCUT2D eigenvalue weighted by Gasteiger charge is 2.60. The van der Waals surface area contributed by atoms with Crippen LogP contribution in [0.3, 0.4) is 0 Å². The number of amides is 7. The second-order valence-corrected chi connectivity index (χ2v) is 24.7. The van der Waals surface area contributed by atoms with E-state index in [9.17, 15) is 110 Å². The van der Waals surface area contributed by atoms with Crippen molar-refractivity contribution in [3.05, 3.63) is 0 Å². The van der Waals surface area contributed by atoms with Crippen molar-refractivity contribution in [2.75, 3.05) is 39.6 Å². The van der Waals surface area contributed by atoms with Crippen LogP contribution < -0.4 is 37.2 Å². The summed E-state index contributed by atoms with van der Waals surface area (Å²) in [7, 11) is 0. The molecule has 7 amide bonds. The summed E-state index contributed by atoms with van der Waals surface area (Å²) in [6, 6.07) is -11.6. The Bertz CT molecular complexity index is 2640. The smallest absolute Gasteiger partial charge is 0.217 e. The summed E-state index contributed by atoms with van der Waals surface area (Å²) >= 11 is 0. The zero-order chi connectivity index (χ0) is 72.6. The molecule has 0 saturated carbocycles. The lowest BCUT2D eigenvalue weighted by atomic mass is 9.92. The molecule has 0 radical (unpaired) electrons. The second-order valence-electron chi connectivity index (χ2n) is 24.7. The molecular weight excluding hydrogens is 1330 g/mol. The van der Waals surface area contributed by atoms with Crippen LogP contribution in [0.5, 0.6) is 0 Å². The van der Waals surface area contributed by atoms with Crippen LogP contribution in [0, 0.1) is 0 Å². The van der Waals surface area contributed by atoms with E-state index in [1.54, 1.807) is 0 Å². The highest BCUT2D eigenvalue weighted by molar-refractivity contribution is 5.76. The molecule has 7 rings (SSSR count).